The molecule has 0 heterocycles. The van der Waals surface area contributed by atoms with Crippen LogP contribution in [0.2, 0.25) is 0 Å². The Hall–Kier alpha value is -2.29. The van der Waals surface area contributed by atoms with Crippen LogP contribution < -0.4 is 15.4 Å². The second kappa shape index (κ2) is 10.1. The van der Waals surface area contributed by atoms with Crippen molar-refractivity contribution >= 4 is 38.9 Å². The van der Waals surface area contributed by atoms with Gasteiger partial charge in [0.15, 0.2) is 5.11 Å². The number of nitrogens with one attached hydrogen (secondary N) is 3. The number of hydrogen-bond donors (Lipinski definition) is 3. The van der Waals surface area contributed by atoms with Gasteiger partial charge in [0, 0.05) is 11.7 Å². The van der Waals surface area contributed by atoms with Crippen molar-refractivity contribution in [2.24, 2.45) is 0 Å². The van der Waals surface area contributed by atoms with E-state index in [4.69, 9.17) is 12.2 Å². The Balaban J connectivity index is 1.53. The van der Waals surface area contributed by atoms with Crippen molar-refractivity contribution in [3.8, 4) is 0 Å². The van der Waals surface area contributed by atoms with E-state index in [1.807, 2.05) is 31.2 Å². The van der Waals surface area contributed by atoms with Crippen molar-refractivity contribution in [1.29, 1.82) is 0 Å². The van der Waals surface area contributed by atoms with Gasteiger partial charge in [-0.15, -0.1) is 0 Å². The van der Waals surface area contributed by atoms with Crippen molar-refractivity contribution in [2.45, 2.75) is 56.4 Å². The number of thiocarbonyl (C=S) groups is 1. The van der Waals surface area contributed by atoms with Gasteiger partial charge in [0.25, 0.3) is 0 Å². The fourth-order valence-electron chi connectivity index (χ4n) is 3.54. The third-order valence-corrected chi connectivity index (χ3v) is 6.96. The van der Waals surface area contributed by atoms with Crippen molar-refractivity contribution < 1.29 is 13.2 Å². The van der Waals surface area contributed by atoms with Crippen molar-refractivity contribution in [3.63, 3.8) is 0 Å². The summed E-state index contributed by atoms with van der Waals surface area (Å²) in [6.45, 7) is 1.96. The van der Waals surface area contributed by atoms with Crippen LogP contribution in [0.15, 0.2) is 53.4 Å². The van der Waals surface area contributed by atoms with Gasteiger partial charge in [0.1, 0.15) is 0 Å². The van der Waals surface area contributed by atoms with E-state index in [9.17, 15) is 13.2 Å². The number of sulfonamides is 1. The number of aryl methyl sites for hydroxylation is 1. The maximum atomic E-state index is 12.6. The molecule has 1 amide bonds. The molecule has 8 heteroatoms. The number of amides is 1. The van der Waals surface area contributed by atoms with Crippen molar-refractivity contribution in [2.75, 3.05) is 5.32 Å². The Kier molecular flexibility index (Phi) is 7.58. The molecule has 160 valence electrons. The maximum absolute atomic E-state index is 12.6. The second-order valence-corrected chi connectivity index (χ2v) is 9.71. The molecule has 6 nitrogen and oxygen atoms in total. The quantitative estimate of drug-likeness (QED) is 0.591. The Labute approximate surface area is 183 Å². The van der Waals surface area contributed by atoms with Gasteiger partial charge in [0.2, 0.25) is 15.9 Å². The number of benzene rings is 2. The van der Waals surface area contributed by atoms with Crippen LogP contribution in [0.1, 0.15) is 43.2 Å². The zero-order chi connectivity index (χ0) is 21.6. The number of rotatable bonds is 6. The summed E-state index contributed by atoms with van der Waals surface area (Å²) < 4.78 is 27.9. The lowest BCUT2D eigenvalue weighted by Gasteiger charge is -2.22. The average molecular weight is 446 g/mol. The van der Waals surface area contributed by atoms with Crippen LogP contribution in [0.4, 0.5) is 5.69 Å². The minimum atomic E-state index is -3.54. The largest absolute Gasteiger partial charge is 0.332 e. The fourth-order valence-corrected chi connectivity index (χ4v) is 5.08. The van der Waals surface area contributed by atoms with Crippen LogP contribution >= 0.6 is 12.2 Å². The number of carbonyl (C=O) groups is 1. The molecule has 2 aromatic rings. The monoisotopic (exact) mass is 445 g/mol. The first-order chi connectivity index (χ1) is 14.3. The molecular formula is C22H27N3O3S2. The second-order valence-electron chi connectivity index (χ2n) is 7.59. The number of carbonyl (C=O) groups excluding carboxylic acids is 1. The van der Waals surface area contributed by atoms with Gasteiger partial charge in [-0.05, 0) is 67.4 Å². The van der Waals surface area contributed by atoms with Crippen LogP contribution in [0, 0.1) is 6.92 Å². The van der Waals surface area contributed by atoms with Gasteiger partial charge in [-0.1, -0.05) is 43.5 Å². The lowest BCUT2D eigenvalue weighted by Crippen LogP contribution is -2.36. The molecule has 1 fully saturated rings. The van der Waals surface area contributed by atoms with Crippen molar-refractivity contribution in [1.82, 2.24) is 10.0 Å². The normalized spacial score (nSPS) is 14.8. The van der Waals surface area contributed by atoms with Gasteiger partial charge in [-0.3, -0.25) is 4.79 Å². The number of anilines is 1. The summed E-state index contributed by atoms with van der Waals surface area (Å²) in [5.74, 6) is -0.210. The van der Waals surface area contributed by atoms with E-state index >= 15 is 0 Å². The molecule has 0 atom stereocenters. The van der Waals surface area contributed by atoms with Crippen LogP contribution in [0.3, 0.4) is 0 Å². The topological polar surface area (TPSA) is 87.3 Å². The number of hydrogen-bond acceptors (Lipinski definition) is 4. The van der Waals surface area contributed by atoms with Gasteiger partial charge >= 0.3 is 0 Å². The summed E-state index contributed by atoms with van der Waals surface area (Å²) in [6, 6.07) is 14.0. The van der Waals surface area contributed by atoms with Crippen LogP contribution in [0.5, 0.6) is 0 Å². The summed E-state index contributed by atoms with van der Waals surface area (Å²) in [7, 11) is -3.54. The smallest absolute Gasteiger partial charge is 0.240 e. The molecule has 1 aliphatic rings. The van der Waals surface area contributed by atoms with Gasteiger partial charge in [-0.2, -0.15) is 0 Å². The van der Waals surface area contributed by atoms with E-state index in [1.54, 1.807) is 12.1 Å². The van der Waals surface area contributed by atoms with Crippen LogP contribution in [0.25, 0.3) is 0 Å². The predicted molar refractivity (Wildman–Crippen MR) is 123 cm³/mol. The summed E-state index contributed by atoms with van der Waals surface area (Å²) in [5, 5.41) is 5.74. The highest BCUT2D eigenvalue weighted by Gasteiger charge is 2.21. The Morgan fingerprint density at radius 2 is 1.70 bits per heavy atom. The Bertz CT molecular complexity index is 999. The highest BCUT2D eigenvalue weighted by atomic mass is 32.2. The summed E-state index contributed by atoms with van der Waals surface area (Å²) in [4.78, 5) is 12.4. The summed E-state index contributed by atoms with van der Waals surface area (Å²) >= 11 is 5.20. The van der Waals surface area contributed by atoms with Crippen LogP contribution in [-0.4, -0.2) is 25.5 Å². The SMILES string of the molecule is Cc1ccccc1CC(=O)NC(=S)Nc1ccc(S(=O)(=O)NC2CCCCC2)cc1. The molecule has 3 rings (SSSR count). The highest BCUT2D eigenvalue weighted by Crippen LogP contribution is 2.21. The molecule has 30 heavy (non-hydrogen) atoms. The molecule has 0 aromatic heterocycles. The first-order valence-electron chi connectivity index (χ1n) is 10.1. The standard InChI is InChI=1S/C22H27N3O3S2/c1-16-7-5-6-8-17(16)15-21(26)24-22(29)23-18-11-13-20(14-12-18)30(27,28)25-19-9-3-2-4-10-19/h5-8,11-14,19,25H,2-4,9-10,15H2,1H3,(H2,23,24,26,29). The highest BCUT2D eigenvalue weighted by molar-refractivity contribution is 7.89. The molecule has 2 aromatic carbocycles. The molecule has 0 unspecified atom stereocenters. The van der Waals surface area contributed by atoms with E-state index in [1.165, 1.54) is 18.6 Å². The minimum absolute atomic E-state index is 0.0117. The van der Waals surface area contributed by atoms with E-state index in [0.29, 0.717) is 5.69 Å². The van der Waals surface area contributed by atoms with Gasteiger partial charge in [-0.25, -0.2) is 13.1 Å². The van der Waals surface area contributed by atoms with E-state index in [2.05, 4.69) is 15.4 Å². The first kappa shape index (κ1) is 22.4. The molecule has 1 aliphatic carbocycles. The molecule has 1 saturated carbocycles. The first-order valence-corrected chi connectivity index (χ1v) is 12.0. The predicted octanol–water partition coefficient (Wildman–Crippen LogP) is 3.66. The maximum Gasteiger partial charge on any atom is 0.240 e. The zero-order valence-corrected chi connectivity index (χ0v) is 18.6. The molecule has 0 saturated heterocycles. The molecular weight excluding hydrogens is 418 g/mol. The third kappa shape index (κ3) is 6.35. The van der Waals surface area contributed by atoms with Gasteiger partial charge in [0.05, 0.1) is 11.3 Å². The molecule has 0 aliphatic heterocycles. The molecule has 0 bridgehead atoms. The molecule has 3 N–H and O–H groups in total. The Morgan fingerprint density at radius 3 is 2.37 bits per heavy atom. The average Bonchev–Trinajstić information content (AvgIpc) is 2.70. The molecule has 0 radical (unpaired) electrons. The Morgan fingerprint density at radius 1 is 1.03 bits per heavy atom. The summed E-state index contributed by atoms with van der Waals surface area (Å²) in [5.41, 5.74) is 2.59. The van der Waals surface area contributed by atoms with E-state index in [0.717, 1.165) is 36.8 Å². The lowest BCUT2D eigenvalue weighted by molar-refractivity contribution is -0.119. The molecule has 0 spiro atoms. The zero-order valence-electron chi connectivity index (χ0n) is 17.0. The van der Waals surface area contributed by atoms with Crippen LogP contribution in [-0.2, 0) is 21.2 Å². The lowest BCUT2D eigenvalue weighted by atomic mass is 9.96. The third-order valence-electron chi connectivity index (χ3n) is 5.21. The fraction of sp³-hybridized carbons (Fsp3) is 0.364. The minimum Gasteiger partial charge on any atom is -0.332 e. The van der Waals surface area contributed by atoms with E-state index < -0.39 is 10.0 Å². The summed E-state index contributed by atoms with van der Waals surface area (Å²) in [6.07, 6.45) is 5.29. The van der Waals surface area contributed by atoms with E-state index in [-0.39, 0.29) is 28.4 Å². The van der Waals surface area contributed by atoms with Crippen molar-refractivity contribution in [3.05, 3.63) is 59.7 Å². The van der Waals surface area contributed by atoms with Gasteiger partial charge < -0.3 is 10.6 Å².